The van der Waals surface area contributed by atoms with Crippen molar-refractivity contribution in [1.82, 2.24) is 5.16 Å². The number of aryl methyl sites for hydroxylation is 3. The molecular formula is C21H20N4O7. The minimum atomic E-state index is -0.749. The van der Waals surface area contributed by atoms with Crippen molar-refractivity contribution in [3.63, 3.8) is 0 Å². The Morgan fingerprint density at radius 2 is 1.69 bits per heavy atom. The predicted molar refractivity (Wildman–Crippen MR) is 114 cm³/mol. The van der Waals surface area contributed by atoms with E-state index in [9.17, 15) is 25.0 Å². The summed E-state index contributed by atoms with van der Waals surface area (Å²) in [6.45, 7) is 6.74. The number of benzene rings is 2. The van der Waals surface area contributed by atoms with Gasteiger partial charge in [-0.1, -0.05) is 22.9 Å². The van der Waals surface area contributed by atoms with Crippen molar-refractivity contribution in [2.24, 2.45) is 0 Å². The summed E-state index contributed by atoms with van der Waals surface area (Å²) in [5.74, 6) is 0.252. The maximum atomic E-state index is 12.8. The van der Waals surface area contributed by atoms with Crippen LogP contribution in [0.1, 0.15) is 38.5 Å². The molecule has 0 aliphatic rings. The van der Waals surface area contributed by atoms with Crippen LogP contribution in [-0.4, -0.2) is 20.9 Å². The number of rotatable bonds is 7. The minimum absolute atomic E-state index is 0.00379. The molecule has 0 unspecified atom stereocenters. The van der Waals surface area contributed by atoms with E-state index in [4.69, 9.17) is 9.26 Å². The van der Waals surface area contributed by atoms with Crippen LogP contribution in [0.25, 0.3) is 0 Å². The van der Waals surface area contributed by atoms with Crippen molar-refractivity contribution in [1.29, 1.82) is 0 Å². The Morgan fingerprint density at radius 1 is 1.06 bits per heavy atom. The Hall–Kier alpha value is -4.28. The van der Waals surface area contributed by atoms with Gasteiger partial charge in [0.05, 0.1) is 21.1 Å². The fourth-order valence-electron chi connectivity index (χ4n) is 3.18. The number of carbonyl (C=O) groups is 1. The highest BCUT2D eigenvalue weighted by atomic mass is 16.6. The molecule has 1 N–H and O–H groups in total. The number of anilines is 1. The summed E-state index contributed by atoms with van der Waals surface area (Å²) in [4.78, 5) is 33.8. The van der Waals surface area contributed by atoms with Crippen molar-refractivity contribution >= 4 is 23.0 Å². The standard InChI is InChI=1S/C21H20N4O7/c1-11-5-6-19(12(2)7-11)31-10-16-14(4)32-23-20(16)21(26)22-15-8-17(24(27)28)13(3)18(9-15)25(29)30/h5-9H,10H2,1-4H3,(H,22,26). The summed E-state index contributed by atoms with van der Waals surface area (Å²) in [5, 5.41) is 28.7. The van der Waals surface area contributed by atoms with Gasteiger partial charge >= 0.3 is 0 Å². The topological polar surface area (TPSA) is 151 Å². The van der Waals surface area contributed by atoms with Crippen LogP contribution in [0, 0.1) is 47.9 Å². The number of aromatic nitrogens is 1. The number of ether oxygens (including phenoxy) is 1. The molecule has 0 saturated carbocycles. The van der Waals surface area contributed by atoms with Gasteiger partial charge in [-0.3, -0.25) is 25.0 Å². The average molecular weight is 440 g/mol. The molecule has 11 heteroatoms. The second-order valence-electron chi connectivity index (χ2n) is 7.23. The Morgan fingerprint density at radius 3 is 2.25 bits per heavy atom. The van der Waals surface area contributed by atoms with Gasteiger partial charge in [0, 0.05) is 12.1 Å². The molecule has 0 aliphatic carbocycles. The fourth-order valence-corrected chi connectivity index (χ4v) is 3.18. The molecule has 0 saturated heterocycles. The molecule has 3 rings (SSSR count). The molecule has 1 heterocycles. The van der Waals surface area contributed by atoms with E-state index in [0.717, 1.165) is 23.3 Å². The molecule has 2 aromatic carbocycles. The third kappa shape index (κ3) is 4.56. The van der Waals surface area contributed by atoms with Crippen LogP contribution in [0.2, 0.25) is 0 Å². The van der Waals surface area contributed by atoms with Crippen molar-refractivity contribution in [3.8, 4) is 5.75 Å². The monoisotopic (exact) mass is 440 g/mol. The number of nitro benzene ring substituents is 2. The molecule has 0 bridgehead atoms. The normalized spacial score (nSPS) is 10.6. The van der Waals surface area contributed by atoms with Crippen molar-refractivity contribution in [3.05, 3.63) is 84.3 Å². The first-order valence-corrected chi connectivity index (χ1v) is 9.48. The second-order valence-corrected chi connectivity index (χ2v) is 7.23. The molecule has 3 aromatic rings. The molecule has 0 atom stereocenters. The summed E-state index contributed by atoms with van der Waals surface area (Å²) in [5.41, 5.74) is 1.12. The lowest BCUT2D eigenvalue weighted by atomic mass is 10.1. The number of nitro groups is 2. The van der Waals surface area contributed by atoms with Crippen LogP contribution in [0.15, 0.2) is 34.9 Å². The van der Waals surface area contributed by atoms with Crippen LogP contribution >= 0.6 is 0 Å². The molecule has 0 aliphatic heterocycles. The summed E-state index contributed by atoms with van der Waals surface area (Å²) in [7, 11) is 0. The average Bonchev–Trinajstić information content (AvgIpc) is 3.08. The lowest BCUT2D eigenvalue weighted by Gasteiger charge is -2.10. The fraction of sp³-hybridized carbons (Fsp3) is 0.238. The number of nitrogens with zero attached hydrogens (tertiary/aromatic N) is 3. The summed E-state index contributed by atoms with van der Waals surface area (Å²) in [6, 6.07) is 7.78. The molecule has 0 fully saturated rings. The first-order valence-electron chi connectivity index (χ1n) is 9.48. The zero-order chi connectivity index (χ0) is 23.6. The Labute approximate surface area is 182 Å². The van der Waals surface area contributed by atoms with E-state index in [1.165, 1.54) is 6.92 Å². The van der Waals surface area contributed by atoms with Gasteiger partial charge in [0.1, 0.15) is 23.7 Å². The first kappa shape index (κ1) is 22.4. The second kappa shape index (κ2) is 8.84. The van der Waals surface area contributed by atoms with Crippen molar-refractivity contribution in [2.75, 3.05) is 5.32 Å². The molecule has 1 aromatic heterocycles. The first-order chi connectivity index (χ1) is 15.1. The van der Waals surface area contributed by atoms with Crippen molar-refractivity contribution in [2.45, 2.75) is 34.3 Å². The quantitative estimate of drug-likeness (QED) is 0.415. The van der Waals surface area contributed by atoms with Crippen LogP contribution in [-0.2, 0) is 6.61 Å². The van der Waals surface area contributed by atoms with E-state index in [1.54, 1.807) is 6.92 Å². The molecule has 32 heavy (non-hydrogen) atoms. The zero-order valence-corrected chi connectivity index (χ0v) is 17.8. The van der Waals surface area contributed by atoms with Crippen molar-refractivity contribution < 1.29 is 23.9 Å². The van der Waals surface area contributed by atoms with E-state index in [-0.39, 0.29) is 23.6 Å². The van der Waals surface area contributed by atoms with Crippen LogP contribution in [0.3, 0.4) is 0 Å². The number of hydrogen-bond donors (Lipinski definition) is 1. The number of amides is 1. The molecular weight excluding hydrogens is 420 g/mol. The summed E-state index contributed by atoms with van der Waals surface area (Å²) in [6.07, 6.45) is 0. The maximum Gasteiger partial charge on any atom is 0.281 e. The van der Waals surface area contributed by atoms with Crippen LogP contribution in [0.5, 0.6) is 5.75 Å². The highest BCUT2D eigenvalue weighted by molar-refractivity contribution is 6.04. The van der Waals surface area contributed by atoms with Crippen LogP contribution in [0.4, 0.5) is 17.1 Å². The van der Waals surface area contributed by atoms with E-state index < -0.39 is 27.1 Å². The molecule has 11 nitrogen and oxygen atoms in total. The van der Waals surface area contributed by atoms with Gasteiger partial charge in [-0.05, 0) is 39.3 Å². The van der Waals surface area contributed by atoms with E-state index in [2.05, 4.69) is 10.5 Å². The van der Waals surface area contributed by atoms with E-state index in [1.807, 2.05) is 32.0 Å². The zero-order valence-electron chi connectivity index (χ0n) is 17.8. The van der Waals surface area contributed by atoms with Gasteiger partial charge in [0.15, 0.2) is 5.69 Å². The third-order valence-corrected chi connectivity index (χ3v) is 4.91. The lowest BCUT2D eigenvalue weighted by Crippen LogP contribution is -2.16. The number of hydrogen-bond acceptors (Lipinski definition) is 8. The third-order valence-electron chi connectivity index (χ3n) is 4.91. The smallest absolute Gasteiger partial charge is 0.281 e. The molecule has 166 valence electrons. The number of carbonyl (C=O) groups excluding carboxylic acids is 1. The summed E-state index contributed by atoms with van der Waals surface area (Å²) < 4.78 is 10.9. The van der Waals surface area contributed by atoms with E-state index >= 15 is 0 Å². The highest BCUT2D eigenvalue weighted by Crippen LogP contribution is 2.32. The Balaban J connectivity index is 1.87. The van der Waals surface area contributed by atoms with Gasteiger partial charge in [0.25, 0.3) is 17.3 Å². The molecule has 0 spiro atoms. The lowest BCUT2D eigenvalue weighted by molar-refractivity contribution is -0.395. The van der Waals surface area contributed by atoms with Gasteiger partial charge in [-0.25, -0.2) is 0 Å². The molecule has 1 amide bonds. The molecule has 0 radical (unpaired) electrons. The number of nitrogens with one attached hydrogen (secondary N) is 1. The minimum Gasteiger partial charge on any atom is -0.488 e. The van der Waals surface area contributed by atoms with Gasteiger partial charge in [-0.2, -0.15) is 0 Å². The van der Waals surface area contributed by atoms with Gasteiger partial charge in [0.2, 0.25) is 0 Å². The SMILES string of the molecule is Cc1ccc(OCc2c(C(=O)Nc3cc([N+](=O)[O-])c(C)c([N+](=O)[O-])c3)noc2C)c(C)c1. The Bertz CT molecular complexity index is 1200. The van der Waals surface area contributed by atoms with Crippen LogP contribution < -0.4 is 10.1 Å². The Kier molecular flexibility index (Phi) is 6.19. The van der Waals surface area contributed by atoms with Gasteiger partial charge in [-0.15, -0.1) is 0 Å². The summed E-state index contributed by atoms with van der Waals surface area (Å²) >= 11 is 0. The maximum absolute atomic E-state index is 12.8. The highest BCUT2D eigenvalue weighted by Gasteiger charge is 2.26. The largest absolute Gasteiger partial charge is 0.488 e. The van der Waals surface area contributed by atoms with Gasteiger partial charge < -0.3 is 14.6 Å². The predicted octanol–water partition coefficient (Wildman–Crippen LogP) is 4.56. The van der Waals surface area contributed by atoms with E-state index in [0.29, 0.717) is 17.1 Å².